The Kier molecular flexibility index (Phi) is 2.98. The second-order valence-electron chi connectivity index (χ2n) is 3.64. The number of nitrogen functional groups attached to an aromatic ring is 1. The number of anilines is 1. The summed E-state index contributed by atoms with van der Waals surface area (Å²) in [7, 11) is 0. The summed E-state index contributed by atoms with van der Waals surface area (Å²) in [6.45, 7) is 1.80. The molecule has 0 saturated carbocycles. The maximum Gasteiger partial charge on any atom is 0.160 e. The van der Waals surface area contributed by atoms with Crippen molar-refractivity contribution in [2.75, 3.05) is 5.73 Å². The molecule has 2 nitrogen and oxygen atoms in total. The summed E-state index contributed by atoms with van der Waals surface area (Å²) in [5.41, 5.74) is 7.68. The van der Waals surface area contributed by atoms with Crippen molar-refractivity contribution in [1.82, 2.24) is 4.98 Å². The lowest BCUT2D eigenvalue weighted by atomic mass is 10.1. The predicted octanol–water partition coefficient (Wildman–Crippen LogP) is 3.57. The molecule has 0 saturated heterocycles. The van der Waals surface area contributed by atoms with E-state index in [1.807, 2.05) is 0 Å². The van der Waals surface area contributed by atoms with E-state index in [2.05, 4.69) is 4.98 Å². The number of benzene rings is 1. The number of aromatic nitrogens is 1. The van der Waals surface area contributed by atoms with E-state index in [-0.39, 0.29) is 10.6 Å². The molecule has 17 heavy (non-hydrogen) atoms. The van der Waals surface area contributed by atoms with Crippen LogP contribution in [0.15, 0.2) is 24.4 Å². The first-order valence-corrected chi connectivity index (χ1v) is 5.24. The summed E-state index contributed by atoms with van der Waals surface area (Å²) < 4.78 is 26.1. The molecule has 0 bridgehead atoms. The molecule has 2 N–H and O–H groups in total. The Labute approximate surface area is 102 Å². The van der Waals surface area contributed by atoms with Crippen LogP contribution in [-0.2, 0) is 0 Å². The summed E-state index contributed by atoms with van der Waals surface area (Å²) >= 11 is 5.86. The standard InChI is InChI=1S/C12H9ClF2N2/c1-6-2-3-17-12(11(6)16)7-4-9(14)10(15)5-8(7)13/h2-5H,16H2,1H3. The smallest absolute Gasteiger partial charge is 0.160 e. The zero-order valence-electron chi connectivity index (χ0n) is 8.97. The maximum atomic E-state index is 13.2. The molecule has 0 fully saturated rings. The van der Waals surface area contributed by atoms with Gasteiger partial charge in [0.1, 0.15) is 0 Å². The number of hydrogen-bond donors (Lipinski definition) is 1. The maximum absolute atomic E-state index is 13.2. The summed E-state index contributed by atoms with van der Waals surface area (Å²) in [4.78, 5) is 4.04. The predicted molar refractivity (Wildman–Crippen MR) is 63.7 cm³/mol. The highest BCUT2D eigenvalue weighted by Crippen LogP contribution is 2.33. The van der Waals surface area contributed by atoms with Crippen molar-refractivity contribution in [3.05, 3.63) is 46.6 Å². The number of rotatable bonds is 1. The van der Waals surface area contributed by atoms with E-state index in [4.69, 9.17) is 17.3 Å². The molecular weight excluding hydrogens is 246 g/mol. The van der Waals surface area contributed by atoms with Crippen LogP contribution in [0.4, 0.5) is 14.5 Å². The van der Waals surface area contributed by atoms with Crippen molar-refractivity contribution >= 4 is 17.3 Å². The summed E-state index contributed by atoms with van der Waals surface area (Å²) in [5, 5.41) is 0.0775. The molecule has 5 heteroatoms. The van der Waals surface area contributed by atoms with Gasteiger partial charge in [-0.05, 0) is 30.7 Å². The molecular formula is C12H9ClF2N2. The first-order valence-electron chi connectivity index (χ1n) is 4.86. The molecule has 2 rings (SSSR count). The van der Waals surface area contributed by atoms with Gasteiger partial charge in [0.15, 0.2) is 11.6 Å². The van der Waals surface area contributed by atoms with Gasteiger partial charge < -0.3 is 5.73 Å². The topological polar surface area (TPSA) is 38.9 Å². The molecule has 0 spiro atoms. The van der Waals surface area contributed by atoms with Gasteiger partial charge in [0.25, 0.3) is 0 Å². The number of aryl methyl sites for hydroxylation is 1. The van der Waals surface area contributed by atoms with Crippen molar-refractivity contribution in [2.24, 2.45) is 0 Å². The van der Waals surface area contributed by atoms with Crippen LogP contribution in [-0.4, -0.2) is 4.98 Å². The lowest BCUT2D eigenvalue weighted by molar-refractivity contribution is 0.509. The van der Waals surface area contributed by atoms with Gasteiger partial charge >= 0.3 is 0 Å². The lowest BCUT2D eigenvalue weighted by Gasteiger charge is -2.09. The molecule has 0 unspecified atom stereocenters. The number of nitrogens with two attached hydrogens (primary N) is 1. The van der Waals surface area contributed by atoms with Gasteiger partial charge in [0.05, 0.1) is 16.4 Å². The fraction of sp³-hybridized carbons (Fsp3) is 0.0833. The third kappa shape index (κ3) is 2.08. The SMILES string of the molecule is Cc1ccnc(-c2cc(F)c(F)cc2Cl)c1N. The lowest BCUT2D eigenvalue weighted by Crippen LogP contribution is -1.98. The van der Waals surface area contributed by atoms with Crippen molar-refractivity contribution in [3.63, 3.8) is 0 Å². The minimum Gasteiger partial charge on any atom is -0.397 e. The van der Waals surface area contributed by atoms with Gasteiger partial charge in [-0.2, -0.15) is 0 Å². The molecule has 1 aromatic heterocycles. The average Bonchev–Trinajstić information content (AvgIpc) is 2.28. The minimum absolute atomic E-state index is 0.0775. The fourth-order valence-corrected chi connectivity index (χ4v) is 1.73. The van der Waals surface area contributed by atoms with E-state index in [9.17, 15) is 8.78 Å². The Morgan fingerprint density at radius 3 is 2.59 bits per heavy atom. The zero-order valence-corrected chi connectivity index (χ0v) is 9.72. The summed E-state index contributed by atoms with van der Waals surface area (Å²) in [6.07, 6.45) is 1.54. The molecule has 0 amide bonds. The van der Waals surface area contributed by atoms with Crippen LogP contribution in [0.25, 0.3) is 11.3 Å². The molecule has 0 aliphatic rings. The Balaban J connectivity index is 2.69. The third-order valence-electron chi connectivity index (χ3n) is 2.47. The van der Waals surface area contributed by atoms with Crippen LogP contribution in [0.1, 0.15) is 5.56 Å². The molecule has 2 aromatic rings. The molecule has 1 aromatic carbocycles. The second-order valence-corrected chi connectivity index (χ2v) is 4.04. The fourth-order valence-electron chi connectivity index (χ4n) is 1.49. The van der Waals surface area contributed by atoms with Crippen LogP contribution in [0.5, 0.6) is 0 Å². The van der Waals surface area contributed by atoms with Gasteiger partial charge in [-0.3, -0.25) is 4.98 Å². The zero-order chi connectivity index (χ0) is 12.6. The first-order chi connectivity index (χ1) is 8.00. The van der Waals surface area contributed by atoms with Crippen molar-refractivity contribution in [2.45, 2.75) is 6.92 Å². The first kappa shape index (κ1) is 11.8. The van der Waals surface area contributed by atoms with Crippen LogP contribution in [0, 0.1) is 18.6 Å². The normalized spacial score (nSPS) is 10.6. The number of pyridine rings is 1. The molecule has 0 aliphatic heterocycles. The Bertz CT molecular complexity index is 585. The van der Waals surface area contributed by atoms with E-state index in [1.54, 1.807) is 19.2 Å². The molecule has 0 atom stereocenters. The second kappa shape index (κ2) is 4.30. The number of hydrogen-bond acceptors (Lipinski definition) is 2. The number of halogens is 3. The molecule has 0 aliphatic carbocycles. The van der Waals surface area contributed by atoms with Gasteiger partial charge in [-0.1, -0.05) is 11.6 Å². The Hall–Kier alpha value is -1.68. The average molecular weight is 255 g/mol. The summed E-state index contributed by atoms with van der Waals surface area (Å²) in [6, 6.07) is 3.64. The highest BCUT2D eigenvalue weighted by atomic mass is 35.5. The largest absolute Gasteiger partial charge is 0.397 e. The molecule has 88 valence electrons. The van der Waals surface area contributed by atoms with Gasteiger partial charge in [0, 0.05) is 11.8 Å². The minimum atomic E-state index is -0.995. The van der Waals surface area contributed by atoms with Crippen LogP contribution in [0.2, 0.25) is 5.02 Å². The third-order valence-corrected chi connectivity index (χ3v) is 2.79. The van der Waals surface area contributed by atoms with Crippen molar-refractivity contribution < 1.29 is 8.78 Å². The quantitative estimate of drug-likeness (QED) is 0.790. The Morgan fingerprint density at radius 1 is 1.24 bits per heavy atom. The van der Waals surface area contributed by atoms with Gasteiger partial charge in [-0.25, -0.2) is 8.78 Å². The highest BCUT2D eigenvalue weighted by molar-refractivity contribution is 6.33. The van der Waals surface area contributed by atoms with Crippen LogP contribution < -0.4 is 5.73 Å². The summed E-state index contributed by atoms with van der Waals surface area (Å²) in [5.74, 6) is -1.97. The van der Waals surface area contributed by atoms with E-state index >= 15 is 0 Å². The van der Waals surface area contributed by atoms with E-state index in [0.717, 1.165) is 17.7 Å². The molecule has 0 radical (unpaired) electrons. The van der Waals surface area contributed by atoms with E-state index in [0.29, 0.717) is 11.4 Å². The highest BCUT2D eigenvalue weighted by Gasteiger charge is 2.14. The van der Waals surface area contributed by atoms with Gasteiger partial charge in [0.2, 0.25) is 0 Å². The van der Waals surface area contributed by atoms with E-state index in [1.165, 1.54) is 0 Å². The Morgan fingerprint density at radius 2 is 1.88 bits per heavy atom. The van der Waals surface area contributed by atoms with Crippen molar-refractivity contribution in [3.8, 4) is 11.3 Å². The number of nitrogens with zero attached hydrogens (tertiary/aromatic N) is 1. The van der Waals surface area contributed by atoms with E-state index < -0.39 is 11.6 Å². The van der Waals surface area contributed by atoms with Crippen LogP contribution in [0.3, 0.4) is 0 Å². The van der Waals surface area contributed by atoms with Gasteiger partial charge in [-0.15, -0.1) is 0 Å². The monoisotopic (exact) mass is 254 g/mol. The van der Waals surface area contributed by atoms with Crippen LogP contribution >= 0.6 is 11.6 Å². The molecule has 1 heterocycles. The van der Waals surface area contributed by atoms with Crippen molar-refractivity contribution in [1.29, 1.82) is 0 Å².